The summed E-state index contributed by atoms with van der Waals surface area (Å²) in [6.45, 7) is 4.98. The molecule has 2 aromatic rings. The Morgan fingerprint density at radius 3 is 2.40 bits per heavy atom. The zero-order chi connectivity index (χ0) is 19.3. The van der Waals surface area contributed by atoms with Gasteiger partial charge in [0.25, 0.3) is 0 Å². The monoisotopic (exact) mass is 458 g/mol. The molecular weight excluding hydrogens is 434 g/mol. The highest BCUT2D eigenvalue weighted by Crippen LogP contribution is 2.32. The number of aliphatic hydroxyl groups excluding tert-OH is 1. The van der Waals surface area contributed by atoms with Gasteiger partial charge in [-0.3, -0.25) is 4.90 Å². The third-order valence-electron chi connectivity index (χ3n) is 5.05. The summed E-state index contributed by atoms with van der Waals surface area (Å²) in [5.74, 6) is 1.27. The lowest BCUT2D eigenvalue weighted by Gasteiger charge is -2.36. The second-order valence-corrected chi connectivity index (χ2v) is 7.12. The van der Waals surface area contributed by atoms with Crippen molar-refractivity contribution in [2.45, 2.75) is 12.7 Å². The molecule has 30 heavy (non-hydrogen) atoms. The summed E-state index contributed by atoms with van der Waals surface area (Å²) in [5.41, 5.74) is 2.03. The molecule has 2 heterocycles. The van der Waals surface area contributed by atoms with E-state index in [-0.39, 0.29) is 44.0 Å². The first-order valence-corrected chi connectivity index (χ1v) is 9.54. The minimum atomic E-state index is -0.536. The fraction of sp³-hybridized carbons (Fsp3) is 0.429. The van der Waals surface area contributed by atoms with Gasteiger partial charge in [-0.2, -0.15) is 0 Å². The standard InChI is InChI=1S/C21H25FN2O4.2ClH/c22-17-2-4-18(5-3-17)24-9-7-23(8-10-24)12-19(25)14-26-13-16-1-6-20-21(11-16)28-15-27-20;;/h1-6,11,19,25H,7-10,12-15H2;2*1H/p-2. The Labute approximate surface area is 188 Å². The molecular formula is C21H25Cl2FN2O4-2. The van der Waals surface area contributed by atoms with Crippen LogP contribution in [0.5, 0.6) is 11.5 Å². The molecule has 0 aliphatic carbocycles. The third-order valence-corrected chi connectivity index (χ3v) is 5.05. The van der Waals surface area contributed by atoms with E-state index in [4.69, 9.17) is 14.2 Å². The van der Waals surface area contributed by atoms with Crippen LogP contribution in [0.1, 0.15) is 5.56 Å². The normalized spacial score (nSPS) is 16.5. The van der Waals surface area contributed by atoms with Crippen LogP contribution in [0.2, 0.25) is 0 Å². The van der Waals surface area contributed by atoms with Gasteiger partial charge in [-0.05, 0) is 42.0 Å². The molecule has 0 aromatic heterocycles. The van der Waals surface area contributed by atoms with Crippen molar-refractivity contribution < 1.29 is 48.5 Å². The van der Waals surface area contributed by atoms with Gasteiger partial charge in [0.05, 0.1) is 19.3 Å². The summed E-state index contributed by atoms with van der Waals surface area (Å²) in [6.07, 6.45) is -0.536. The molecule has 1 unspecified atom stereocenters. The highest BCUT2D eigenvalue weighted by atomic mass is 35.5. The molecule has 0 saturated carbocycles. The molecule has 0 amide bonds. The topological polar surface area (TPSA) is 54.4 Å². The van der Waals surface area contributed by atoms with Crippen molar-refractivity contribution in [3.63, 3.8) is 0 Å². The van der Waals surface area contributed by atoms with E-state index in [0.717, 1.165) is 48.9 Å². The van der Waals surface area contributed by atoms with Crippen molar-refractivity contribution in [3.8, 4) is 11.5 Å². The highest BCUT2D eigenvalue weighted by Gasteiger charge is 2.20. The lowest BCUT2D eigenvalue weighted by atomic mass is 10.2. The third kappa shape index (κ3) is 6.36. The molecule has 0 spiro atoms. The minimum absolute atomic E-state index is 0. The summed E-state index contributed by atoms with van der Waals surface area (Å²) in [4.78, 5) is 4.47. The lowest BCUT2D eigenvalue weighted by Crippen LogP contribution is -3.00. The molecule has 1 N–H and O–H groups in total. The molecule has 2 aliphatic rings. The summed E-state index contributed by atoms with van der Waals surface area (Å²) >= 11 is 0. The maximum absolute atomic E-state index is 13.0. The molecule has 166 valence electrons. The van der Waals surface area contributed by atoms with E-state index in [2.05, 4.69) is 9.80 Å². The first kappa shape index (κ1) is 24.5. The lowest BCUT2D eigenvalue weighted by molar-refractivity contribution is -0.00100. The van der Waals surface area contributed by atoms with Crippen molar-refractivity contribution >= 4 is 5.69 Å². The number of rotatable bonds is 7. The fourth-order valence-electron chi connectivity index (χ4n) is 3.53. The molecule has 4 rings (SSSR count). The number of ether oxygens (including phenoxy) is 3. The van der Waals surface area contributed by atoms with Crippen LogP contribution in [0, 0.1) is 5.82 Å². The van der Waals surface area contributed by atoms with E-state index in [0.29, 0.717) is 13.2 Å². The molecule has 6 nitrogen and oxygen atoms in total. The number of aliphatic hydroxyl groups is 1. The predicted molar refractivity (Wildman–Crippen MR) is 103 cm³/mol. The number of benzene rings is 2. The zero-order valence-corrected chi connectivity index (χ0v) is 18.0. The van der Waals surface area contributed by atoms with E-state index < -0.39 is 6.10 Å². The SMILES string of the molecule is OC(COCc1ccc2c(c1)OCO2)CN1CCN(c2ccc(F)cc2)CC1.[Cl-].[Cl-]. The van der Waals surface area contributed by atoms with Crippen LogP contribution in [-0.2, 0) is 11.3 Å². The predicted octanol–water partition coefficient (Wildman–Crippen LogP) is -3.74. The van der Waals surface area contributed by atoms with Crippen molar-refractivity contribution in [2.75, 3.05) is 51.0 Å². The Bertz CT molecular complexity index is 789. The Morgan fingerprint density at radius 2 is 1.67 bits per heavy atom. The second kappa shape index (κ2) is 11.6. The van der Waals surface area contributed by atoms with Gasteiger partial charge in [0.1, 0.15) is 5.82 Å². The fourth-order valence-corrected chi connectivity index (χ4v) is 3.53. The van der Waals surface area contributed by atoms with Crippen LogP contribution in [0.15, 0.2) is 42.5 Å². The Kier molecular flexibility index (Phi) is 9.45. The maximum Gasteiger partial charge on any atom is 0.231 e. The number of piperazine rings is 1. The Morgan fingerprint density at radius 1 is 0.967 bits per heavy atom. The molecule has 1 saturated heterocycles. The molecule has 0 radical (unpaired) electrons. The number of hydrogen-bond donors (Lipinski definition) is 1. The van der Waals surface area contributed by atoms with Crippen molar-refractivity contribution in [1.82, 2.24) is 4.90 Å². The first-order chi connectivity index (χ1) is 13.7. The van der Waals surface area contributed by atoms with E-state index in [1.54, 1.807) is 0 Å². The second-order valence-electron chi connectivity index (χ2n) is 7.12. The Balaban J connectivity index is 0.00000160. The van der Waals surface area contributed by atoms with Crippen LogP contribution in [-0.4, -0.2) is 62.2 Å². The van der Waals surface area contributed by atoms with Gasteiger partial charge in [-0.15, -0.1) is 0 Å². The number of anilines is 1. The maximum atomic E-state index is 13.0. The molecule has 9 heteroatoms. The smallest absolute Gasteiger partial charge is 0.231 e. The summed E-state index contributed by atoms with van der Waals surface area (Å²) in [6, 6.07) is 12.3. The van der Waals surface area contributed by atoms with Crippen molar-refractivity contribution in [3.05, 3.63) is 53.8 Å². The van der Waals surface area contributed by atoms with Crippen molar-refractivity contribution in [2.24, 2.45) is 0 Å². The summed E-state index contributed by atoms with van der Waals surface area (Å²) in [5, 5.41) is 10.3. The molecule has 2 aromatic carbocycles. The van der Waals surface area contributed by atoms with E-state index in [9.17, 15) is 9.50 Å². The Hall–Kier alpha value is -1.77. The van der Waals surface area contributed by atoms with Gasteiger partial charge < -0.3 is 49.0 Å². The van der Waals surface area contributed by atoms with Crippen LogP contribution >= 0.6 is 0 Å². The van der Waals surface area contributed by atoms with E-state index in [1.165, 1.54) is 12.1 Å². The summed E-state index contributed by atoms with van der Waals surface area (Å²) < 4.78 is 29.4. The quantitative estimate of drug-likeness (QED) is 0.460. The minimum Gasteiger partial charge on any atom is -1.00 e. The average Bonchev–Trinajstić information content (AvgIpc) is 3.17. The number of β-amino-alcohol motifs (C(OH)–C–C–N with tert-alkyl or cyclic N) is 1. The number of fused-ring (bicyclic) bond motifs is 1. The summed E-state index contributed by atoms with van der Waals surface area (Å²) in [7, 11) is 0. The van der Waals surface area contributed by atoms with Gasteiger partial charge in [0.2, 0.25) is 6.79 Å². The van der Waals surface area contributed by atoms with Crippen LogP contribution < -0.4 is 39.2 Å². The van der Waals surface area contributed by atoms with Gasteiger partial charge in [0, 0.05) is 38.4 Å². The van der Waals surface area contributed by atoms with E-state index in [1.807, 2.05) is 30.3 Å². The zero-order valence-electron chi connectivity index (χ0n) is 16.5. The van der Waals surface area contributed by atoms with Gasteiger partial charge >= 0.3 is 0 Å². The van der Waals surface area contributed by atoms with Crippen molar-refractivity contribution in [1.29, 1.82) is 0 Å². The molecule has 0 bridgehead atoms. The number of halogens is 3. The molecule has 2 aliphatic heterocycles. The highest BCUT2D eigenvalue weighted by molar-refractivity contribution is 5.46. The van der Waals surface area contributed by atoms with Gasteiger partial charge in [-0.25, -0.2) is 4.39 Å². The van der Waals surface area contributed by atoms with Gasteiger partial charge in [-0.1, -0.05) is 6.07 Å². The first-order valence-electron chi connectivity index (χ1n) is 9.54. The average molecular weight is 459 g/mol. The largest absolute Gasteiger partial charge is 1.00 e. The molecule has 1 fully saturated rings. The molecule has 1 atom stereocenters. The number of nitrogens with zero attached hydrogens (tertiary/aromatic N) is 2. The van der Waals surface area contributed by atoms with E-state index >= 15 is 0 Å². The van der Waals surface area contributed by atoms with Crippen LogP contribution in [0.25, 0.3) is 0 Å². The van der Waals surface area contributed by atoms with Gasteiger partial charge in [0.15, 0.2) is 11.5 Å². The number of hydrogen-bond acceptors (Lipinski definition) is 6. The van der Waals surface area contributed by atoms with Crippen LogP contribution in [0.3, 0.4) is 0 Å². The van der Waals surface area contributed by atoms with Crippen LogP contribution in [0.4, 0.5) is 10.1 Å².